The molecule has 0 heterocycles. The van der Waals surface area contributed by atoms with Gasteiger partial charge in [-0.25, -0.2) is 16.8 Å². The molecule has 2 rings (SSSR count). The molecule has 2 aromatic carbocycles. The van der Waals surface area contributed by atoms with Crippen molar-refractivity contribution in [1.82, 2.24) is 0 Å². The summed E-state index contributed by atoms with van der Waals surface area (Å²) >= 11 is 2.89. The number of benzene rings is 2. The van der Waals surface area contributed by atoms with Crippen LogP contribution in [-0.4, -0.2) is 48.7 Å². The van der Waals surface area contributed by atoms with E-state index in [1.165, 1.54) is 12.1 Å². The van der Waals surface area contributed by atoms with E-state index < -0.39 is 42.2 Å². The molecule has 0 aromatic heterocycles. The first-order chi connectivity index (χ1) is 14.8. The average Bonchev–Trinajstić information content (AvgIpc) is 2.77. The van der Waals surface area contributed by atoms with Gasteiger partial charge in [0.2, 0.25) is 0 Å². The summed E-state index contributed by atoms with van der Waals surface area (Å²) in [4.78, 5) is 20.5. The number of rotatable bonds is 7. The molecule has 0 bridgehead atoms. The SMILES string of the molecule is C.C.O=Cc1ccccc1C=O.O=S(=O)([O-])C(O)c1ccccc1C(O)S(=O)(=O)[O-].[Na+].[Na+].[Na+].[Na+].[O-]OOS. The zero-order valence-corrected chi connectivity index (χ0v) is 30.1. The van der Waals surface area contributed by atoms with Crippen molar-refractivity contribution in [3.05, 3.63) is 70.8 Å². The Morgan fingerprint density at radius 1 is 0.711 bits per heavy atom. The summed E-state index contributed by atoms with van der Waals surface area (Å²) in [5.74, 6) is 0. The molecule has 0 spiro atoms. The topological polar surface area (TPSA) is 231 Å². The first-order valence-electron chi connectivity index (χ1n) is 7.78. The monoisotopic (exact) mass is 635 g/mol. The van der Waals surface area contributed by atoms with Gasteiger partial charge in [-0.3, -0.25) is 14.6 Å². The Hall–Kier alpha value is 1.75. The Balaban J connectivity index is -0.0000000834. The molecule has 0 aliphatic carbocycles. The second-order valence-corrected chi connectivity index (χ2v) is 8.34. The van der Waals surface area contributed by atoms with Gasteiger partial charge in [-0.15, -0.1) is 0 Å². The fraction of sp³-hybridized carbons (Fsp3) is 0.222. The van der Waals surface area contributed by atoms with Gasteiger partial charge in [0, 0.05) is 35.2 Å². The van der Waals surface area contributed by atoms with Crippen LogP contribution in [0.3, 0.4) is 0 Å². The third-order valence-corrected chi connectivity index (χ3v) is 5.02. The Morgan fingerprint density at radius 2 is 0.947 bits per heavy atom. The van der Waals surface area contributed by atoms with Gasteiger partial charge in [-0.1, -0.05) is 63.4 Å². The fourth-order valence-corrected chi connectivity index (χ4v) is 3.05. The Kier molecular flexibility index (Phi) is 42.2. The van der Waals surface area contributed by atoms with Gasteiger partial charge in [0.05, 0.1) is 0 Å². The quantitative estimate of drug-likeness (QED) is 0.0489. The summed E-state index contributed by atoms with van der Waals surface area (Å²) in [7, 11) is -10.3. The third kappa shape index (κ3) is 21.5. The van der Waals surface area contributed by atoms with Gasteiger partial charge in [-0.05, 0) is 0 Å². The van der Waals surface area contributed by atoms with E-state index in [1.54, 1.807) is 24.3 Å². The van der Waals surface area contributed by atoms with Crippen molar-refractivity contribution in [2.24, 2.45) is 0 Å². The summed E-state index contributed by atoms with van der Waals surface area (Å²) in [6, 6.07) is 10.9. The minimum atomic E-state index is -5.16. The number of hydrogen-bond donors (Lipinski definition) is 3. The van der Waals surface area contributed by atoms with Crippen LogP contribution in [0.5, 0.6) is 0 Å². The van der Waals surface area contributed by atoms with Gasteiger partial charge < -0.3 is 24.6 Å². The molecule has 2 aromatic rings. The molecule has 13 nitrogen and oxygen atoms in total. The van der Waals surface area contributed by atoms with Crippen LogP contribution in [0.4, 0.5) is 0 Å². The number of aliphatic hydroxyl groups is 2. The molecule has 0 aliphatic heterocycles. The molecule has 0 saturated carbocycles. The molecule has 38 heavy (non-hydrogen) atoms. The molecular formula is C18H23Na4O13S3+. The van der Waals surface area contributed by atoms with Crippen LogP contribution in [0.25, 0.3) is 0 Å². The Morgan fingerprint density at radius 3 is 1.13 bits per heavy atom. The van der Waals surface area contributed by atoms with Crippen LogP contribution >= 0.6 is 12.9 Å². The van der Waals surface area contributed by atoms with E-state index in [9.17, 15) is 45.7 Å². The van der Waals surface area contributed by atoms with Crippen LogP contribution < -0.4 is 123 Å². The molecule has 2 unspecified atom stereocenters. The van der Waals surface area contributed by atoms with Crippen molar-refractivity contribution < 1.29 is 179 Å². The Bertz CT molecular complexity index is 1020. The number of aldehydes is 2. The van der Waals surface area contributed by atoms with Crippen molar-refractivity contribution in [3.63, 3.8) is 0 Å². The second-order valence-electron chi connectivity index (χ2n) is 5.33. The van der Waals surface area contributed by atoms with E-state index in [1.807, 2.05) is 0 Å². The Labute approximate surface area is 316 Å². The van der Waals surface area contributed by atoms with E-state index in [4.69, 9.17) is 5.26 Å². The van der Waals surface area contributed by atoms with E-state index in [0.717, 1.165) is 12.1 Å². The van der Waals surface area contributed by atoms with Crippen LogP contribution in [0.1, 0.15) is 57.6 Å². The van der Waals surface area contributed by atoms with Crippen LogP contribution in [0, 0.1) is 0 Å². The summed E-state index contributed by atoms with van der Waals surface area (Å²) < 4.78 is 67.0. The molecule has 0 aliphatic rings. The van der Waals surface area contributed by atoms with Crippen molar-refractivity contribution in [3.8, 4) is 0 Å². The maximum atomic E-state index is 10.6. The summed E-state index contributed by atoms with van der Waals surface area (Å²) in [6.45, 7) is 0. The minimum absolute atomic E-state index is 0. The second kappa shape index (κ2) is 28.9. The van der Waals surface area contributed by atoms with Crippen LogP contribution in [-0.2, 0) is 29.6 Å². The molecule has 0 radical (unpaired) electrons. The average molecular weight is 636 g/mol. The summed E-state index contributed by atoms with van der Waals surface area (Å²) in [6.07, 6.45) is 1.34. The normalized spacial score (nSPS) is 10.8. The number of aliphatic hydroxyl groups excluding tert-OH is 2. The number of hydrogen-bond acceptors (Lipinski definition) is 14. The van der Waals surface area contributed by atoms with E-state index in [0.29, 0.717) is 23.7 Å². The molecule has 2 N–H and O–H groups in total. The van der Waals surface area contributed by atoms with Gasteiger partial charge >= 0.3 is 118 Å². The standard InChI is InChI=1S/C8H10O8S2.C8H6O2.2CH4.4Na.H2O3S/c9-7(17(11,12)13)5-3-1-2-4-6(5)8(10)18(14,15)16;9-5-7-3-1-2-4-8(7)6-10;;;;;;;1-2-3-4/h1-4,7-10H,(H,11,12,13)(H,14,15,16);1-6H;2*1H4;;;;;1,4H/q;;;;4*+1;/p-3. The predicted molar refractivity (Wildman–Crippen MR) is 118 cm³/mol. The molecule has 2 atom stereocenters. The van der Waals surface area contributed by atoms with Gasteiger partial charge in [0.1, 0.15) is 20.2 Å². The fourth-order valence-electron chi connectivity index (χ4n) is 2.00. The van der Waals surface area contributed by atoms with E-state index in [-0.39, 0.29) is 133 Å². The van der Waals surface area contributed by atoms with Crippen LogP contribution in [0.2, 0.25) is 0 Å². The molecular weight excluding hydrogens is 612 g/mol. The summed E-state index contributed by atoms with van der Waals surface area (Å²) in [5, 5.41) is 29.6. The molecule has 20 heteroatoms. The van der Waals surface area contributed by atoms with Crippen molar-refractivity contribution >= 4 is 45.7 Å². The largest absolute Gasteiger partial charge is 1.00 e. The van der Waals surface area contributed by atoms with E-state index >= 15 is 0 Å². The number of carbonyl (C=O) groups is 2. The first-order valence-corrected chi connectivity index (χ1v) is 11.1. The molecule has 0 fully saturated rings. The summed E-state index contributed by atoms with van der Waals surface area (Å²) in [5.41, 5.74) is -5.55. The zero-order valence-electron chi connectivity index (χ0n) is 19.6. The molecule has 194 valence electrons. The third-order valence-electron chi connectivity index (χ3n) is 3.36. The minimum Gasteiger partial charge on any atom is -0.746 e. The smallest absolute Gasteiger partial charge is 0.746 e. The van der Waals surface area contributed by atoms with Crippen molar-refractivity contribution in [2.75, 3.05) is 0 Å². The van der Waals surface area contributed by atoms with E-state index in [2.05, 4.69) is 22.3 Å². The van der Waals surface area contributed by atoms with Crippen LogP contribution in [0.15, 0.2) is 48.5 Å². The van der Waals surface area contributed by atoms with Crippen molar-refractivity contribution in [2.45, 2.75) is 25.7 Å². The first kappa shape index (κ1) is 55.6. The van der Waals surface area contributed by atoms with Gasteiger partial charge in [0.25, 0.3) is 0 Å². The number of carbonyl (C=O) groups excluding carboxylic acids is 2. The van der Waals surface area contributed by atoms with Crippen molar-refractivity contribution in [1.29, 1.82) is 0 Å². The predicted octanol–water partition coefficient (Wildman–Crippen LogP) is -11.6. The maximum absolute atomic E-state index is 10.6. The maximum Gasteiger partial charge on any atom is 1.00 e. The van der Waals surface area contributed by atoms with Gasteiger partial charge in [-0.2, -0.15) is 4.33 Å². The zero-order chi connectivity index (χ0) is 24.9. The number of thiol groups is 1. The molecule has 0 saturated heterocycles. The van der Waals surface area contributed by atoms with Gasteiger partial charge in [0.15, 0.2) is 23.4 Å². The molecule has 0 amide bonds.